The number of ketones is 1. The van der Waals surface area contributed by atoms with E-state index in [1.165, 1.54) is 7.11 Å². The summed E-state index contributed by atoms with van der Waals surface area (Å²) in [4.78, 5) is 38.9. The third kappa shape index (κ3) is 5.24. The molecule has 0 aliphatic carbocycles. The molecule has 2 heterocycles. The van der Waals surface area contributed by atoms with Crippen molar-refractivity contribution in [3.8, 4) is 17.2 Å². The molecule has 37 heavy (non-hydrogen) atoms. The van der Waals surface area contributed by atoms with Crippen LogP contribution in [-0.4, -0.2) is 43.9 Å². The first kappa shape index (κ1) is 24.6. The molecule has 1 N–H and O–H groups in total. The summed E-state index contributed by atoms with van der Waals surface area (Å²) in [5.41, 5.74) is 1.63. The minimum absolute atomic E-state index is 0.0821. The summed E-state index contributed by atoms with van der Waals surface area (Å²) in [5.74, 6) is 0.318. The number of methoxy groups -OCH3 is 1. The molecule has 10 heteroatoms. The van der Waals surface area contributed by atoms with E-state index in [0.29, 0.717) is 27.3 Å². The van der Waals surface area contributed by atoms with Gasteiger partial charge >= 0.3 is 12.1 Å². The molecule has 0 bridgehead atoms. The standard InChI is InChI=1S/C27H22BrNO8/c1-33-26(31)19(11-15-5-3-2-4-6-15)29-27(32)37-25-23(30)18-13-17(28)8-10-20(18)36-24(25)16-7-9-21-22(12-16)35-14-34-21/h2-10,12-13,19,24-25H,11,14H2,1H3,(H,29,32)/t19-,24-,25?/m0/s1. The highest BCUT2D eigenvalue weighted by molar-refractivity contribution is 9.10. The number of nitrogens with one attached hydrogen (secondary N) is 1. The normalized spacial score (nSPS) is 18.3. The zero-order valence-corrected chi connectivity index (χ0v) is 21.2. The van der Waals surface area contributed by atoms with Crippen LogP contribution in [0.25, 0.3) is 0 Å². The van der Waals surface area contributed by atoms with Crippen LogP contribution in [0.5, 0.6) is 17.2 Å². The lowest BCUT2D eigenvalue weighted by molar-refractivity contribution is -0.143. The van der Waals surface area contributed by atoms with Crippen LogP contribution < -0.4 is 19.5 Å². The maximum Gasteiger partial charge on any atom is 0.408 e. The van der Waals surface area contributed by atoms with E-state index in [4.69, 9.17) is 23.7 Å². The number of halogens is 1. The molecule has 2 aliphatic heterocycles. The minimum Gasteiger partial charge on any atom is -0.481 e. The van der Waals surface area contributed by atoms with Crippen molar-refractivity contribution in [1.82, 2.24) is 5.32 Å². The van der Waals surface area contributed by atoms with Crippen molar-refractivity contribution < 1.29 is 38.1 Å². The van der Waals surface area contributed by atoms with Crippen molar-refractivity contribution in [3.05, 3.63) is 87.9 Å². The van der Waals surface area contributed by atoms with Gasteiger partial charge in [-0.05, 0) is 35.9 Å². The van der Waals surface area contributed by atoms with E-state index in [9.17, 15) is 14.4 Å². The van der Waals surface area contributed by atoms with E-state index in [1.54, 1.807) is 36.4 Å². The summed E-state index contributed by atoms with van der Waals surface area (Å²) in [6.45, 7) is 0.0821. The fourth-order valence-corrected chi connectivity index (χ4v) is 4.57. The van der Waals surface area contributed by atoms with Crippen LogP contribution in [0.1, 0.15) is 27.6 Å². The fourth-order valence-electron chi connectivity index (χ4n) is 4.21. The summed E-state index contributed by atoms with van der Waals surface area (Å²) in [6, 6.07) is 18.3. The average molecular weight is 568 g/mol. The molecule has 3 aromatic carbocycles. The first-order valence-electron chi connectivity index (χ1n) is 11.4. The quantitative estimate of drug-likeness (QED) is 0.437. The molecule has 0 saturated carbocycles. The predicted molar refractivity (Wildman–Crippen MR) is 134 cm³/mol. The Kier molecular flexibility index (Phi) is 7.00. The number of fused-ring (bicyclic) bond motifs is 2. The number of Topliss-reactive ketones (excluding diaryl/α,β-unsaturated/α-hetero) is 1. The van der Waals surface area contributed by atoms with Crippen molar-refractivity contribution in [1.29, 1.82) is 0 Å². The van der Waals surface area contributed by atoms with Gasteiger partial charge in [-0.3, -0.25) is 4.79 Å². The van der Waals surface area contributed by atoms with Crippen molar-refractivity contribution in [3.63, 3.8) is 0 Å². The Bertz CT molecular complexity index is 1350. The molecule has 0 spiro atoms. The highest BCUT2D eigenvalue weighted by atomic mass is 79.9. The van der Waals surface area contributed by atoms with E-state index in [-0.39, 0.29) is 18.8 Å². The number of ether oxygens (including phenoxy) is 5. The number of esters is 1. The van der Waals surface area contributed by atoms with E-state index in [0.717, 1.165) is 5.56 Å². The minimum atomic E-state index is -1.34. The summed E-state index contributed by atoms with van der Waals surface area (Å²) in [6.07, 6.45) is -3.08. The number of amides is 1. The SMILES string of the molecule is COC(=O)[C@H](Cc1ccccc1)NC(=O)OC1C(=O)c2cc(Br)ccc2O[C@H]1c1ccc2c(c1)OCO2. The van der Waals surface area contributed by atoms with Gasteiger partial charge in [0.2, 0.25) is 18.7 Å². The van der Waals surface area contributed by atoms with Gasteiger partial charge < -0.3 is 29.0 Å². The molecule has 3 atom stereocenters. The van der Waals surface area contributed by atoms with Gasteiger partial charge in [0.15, 0.2) is 17.6 Å². The Morgan fingerprint density at radius 1 is 1.03 bits per heavy atom. The first-order chi connectivity index (χ1) is 17.9. The molecule has 0 saturated heterocycles. The lowest BCUT2D eigenvalue weighted by Gasteiger charge is -2.32. The maximum absolute atomic E-state index is 13.5. The Morgan fingerprint density at radius 2 is 1.78 bits per heavy atom. The van der Waals surface area contributed by atoms with Gasteiger partial charge in [0.25, 0.3) is 0 Å². The fraction of sp³-hybridized carbons (Fsp3) is 0.222. The first-order valence-corrected chi connectivity index (χ1v) is 12.2. The molecule has 9 nitrogen and oxygen atoms in total. The lowest BCUT2D eigenvalue weighted by atomic mass is 9.93. The number of carbonyl (C=O) groups is 3. The molecule has 1 unspecified atom stereocenters. The van der Waals surface area contributed by atoms with Crippen LogP contribution in [0.3, 0.4) is 0 Å². The Hall–Kier alpha value is -4.05. The van der Waals surface area contributed by atoms with Crippen LogP contribution in [0.2, 0.25) is 0 Å². The highest BCUT2D eigenvalue weighted by Crippen LogP contribution is 2.41. The van der Waals surface area contributed by atoms with Gasteiger partial charge in [-0.2, -0.15) is 0 Å². The summed E-state index contributed by atoms with van der Waals surface area (Å²) < 4.78 is 28.1. The number of carbonyl (C=O) groups excluding carboxylic acids is 3. The third-order valence-corrected chi connectivity index (χ3v) is 6.51. The van der Waals surface area contributed by atoms with Crippen molar-refractivity contribution in [2.45, 2.75) is 24.7 Å². The molecule has 0 aromatic heterocycles. The van der Waals surface area contributed by atoms with Crippen LogP contribution in [0.15, 0.2) is 71.2 Å². The lowest BCUT2D eigenvalue weighted by Crippen LogP contribution is -2.47. The van der Waals surface area contributed by atoms with Gasteiger partial charge in [0.1, 0.15) is 11.8 Å². The second-order valence-electron chi connectivity index (χ2n) is 8.39. The van der Waals surface area contributed by atoms with E-state index < -0.39 is 36.1 Å². The monoisotopic (exact) mass is 567 g/mol. The molecule has 3 aromatic rings. The summed E-state index contributed by atoms with van der Waals surface area (Å²) >= 11 is 3.36. The van der Waals surface area contributed by atoms with Crippen molar-refractivity contribution >= 4 is 33.8 Å². The smallest absolute Gasteiger partial charge is 0.408 e. The summed E-state index contributed by atoms with van der Waals surface area (Å²) in [5, 5.41) is 2.54. The second-order valence-corrected chi connectivity index (χ2v) is 9.31. The largest absolute Gasteiger partial charge is 0.481 e. The number of hydrogen-bond acceptors (Lipinski definition) is 8. The third-order valence-electron chi connectivity index (χ3n) is 6.01. The zero-order valence-electron chi connectivity index (χ0n) is 19.6. The molecule has 190 valence electrons. The van der Waals surface area contributed by atoms with Gasteiger partial charge in [0, 0.05) is 16.5 Å². The second kappa shape index (κ2) is 10.5. The number of benzene rings is 3. The number of rotatable bonds is 6. The van der Waals surface area contributed by atoms with E-state index in [1.807, 2.05) is 30.3 Å². The Morgan fingerprint density at radius 3 is 2.57 bits per heavy atom. The summed E-state index contributed by atoms with van der Waals surface area (Å²) in [7, 11) is 1.23. The molecular formula is C27H22BrNO8. The van der Waals surface area contributed by atoms with Gasteiger partial charge in [-0.1, -0.05) is 52.3 Å². The average Bonchev–Trinajstić information content (AvgIpc) is 3.38. The zero-order chi connectivity index (χ0) is 25.9. The van der Waals surface area contributed by atoms with Crippen molar-refractivity contribution in [2.75, 3.05) is 13.9 Å². The van der Waals surface area contributed by atoms with Gasteiger partial charge in [0.05, 0.1) is 12.7 Å². The Balaban J connectivity index is 1.42. The molecule has 0 radical (unpaired) electrons. The highest BCUT2D eigenvalue weighted by Gasteiger charge is 2.42. The van der Waals surface area contributed by atoms with Gasteiger partial charge in [-0.25, -0.2) is 9.59 Å². The van der Waals surface area contributed by atoms with Gasteiger partial charge in [-0.15, -0.1) is 0 Å². The van der Waals surface area contributed by atoms with E-state index in [2.05, 4.69) is 21.2 Å². The predicted octanol–water partition coefficient (Wildman–Crippen LogP) is 4.37. The van der Waals surface area contributed by atoms with Crippen LogP contribution in [0, 0.1) is 0 Å². The Labute approximate surface area is 220 Å². The molecule has 0 fully saturated rings. The number of hydrogen-bond donors (Lipinski definition) is 1. The van der Waals surface area contributed by atoms with Crippen LogP contribution >= 0.6 is 15.9 Å². The molecule has 1 amide bonds. The molecular weight excluding hydrogens is 546 g/mol. The maximum atomic E-state index is 13.5. The van der Waals surface area contributed by atoms with Crippen molar-refractivity contribution in [2.24, 2.45) is 0 Å². The van der Waals surface area contributed by atoms with E-state index >= 15 is 0 Å². The number of alkyl carbamates (subject to hydrolysis) is 1. The van der Waals surface area contributed by atoms with Crippen LogP contribution in [0.4, 0.5) is 4.79 Å². The molecule has 2 aliphatic rings. The molecule has 5 rings (SSSR count). The van der Waals surface area contributed by atoms with Crippen LogP contribution in [-0.2, 0) is 20.7 Å². The topological polar surface area (TPSA) is 109 Å².